The van der Waals surface area contributed by atoms with Crippen LogP contribution in [0.25, 0.3) is 6.08 Å². The lowest BCUT2D eigenvalue weighted by Gasteiger charge is -2.25. The van der Waals surface area contributed by atoms with Gasteiger partial charge in [0, 0.05) is 17.8 Å². The van der Waals surface area contributed by atoms with Gasteiger partial charge < -0.3 is 9.15 Å². The Morgan fingerprint density at radius 2 is 2.05 bits per heavy atom. The number of aromatic nitrogens is 2. The number of halogens is 2. The summed E-state index contributed by atoms with van der Waals surface area (Å²) in [6, 6.07) is 13.5. The standard InChI is InChI=1S/C26H19Cl2N3O4S2/c1-3-34-25(33)21-14(2)30-26-31(23(21)16-7-6-8-17(27)22(16)28)24(32)18(36-26)13-15-10-11-20(35-15)37-19-9-4-5-12-29-19/h4-13,23H,3H2,1-2H3/b18-13-/t23-/m1/s1. The first-order chi connectivity index (χ1) is 17.9. The number of esters is 1. The summed E-state index contributed by atoms with van der Waals surface area (Å²) in [6.45, 7) is 3.60. The fourth-order valence-corrected chi connectivity index (χ4v) is 6.10. The quantitative estimate of drug-likeness (QED) is 0.294. The van der Waals surface area contributed by atoms with Gasteiger partial charge in [-0.05, 0) is 55.9 Å². The van der Waals surface area contributed by atoms with Gasteiger partial charge in [-0.1, -0.05) is 52.7 Å². The molecule has 4 aromatic rings. The third-order valence-corrected chi connectivity index (χ3v) is 8.20. The van der Waals surface area contributed by atoms with Crippen LogP contribution in [0.2, 0.25) is 10.0 Å². The predicted molar refractivity (Wildman–Crippen MR) is 144 cm³/mol. The first-order valence-electron chi connectivity index (χ1n) is 11.2. The largest absolute Gasteiger partial charge is 0.463 e. The Kier molecular flexibility index (Phi) is 7.39. The van der Waals surface area contributed by atoms with Gasteiger partial charge in [-0.2, -0.15) is 0 Å². The second-order valence-corrected chi connectivity index (χ2v) is 10.7. The molecule has 7 nitrogen and oxygen atoms in total. The molecule has 0 radical (unpaired) electrons. The van der Waals surface area contributed by atoms with Gasteiger partial charge in [-0.15, -0.1) is 0 Å². The highest BCUT2D eigenvalue weighted by Crippen LogP contribution is 2.37. The maximum atomic E-state index is 13.7. The molecule has 5 rings (SSSR count). The van der Waals surface area contributed by atoms with Crippen molar-refractivity contribution in [1.29, 1.82) is 0 Å². The molecule has 0 N–H and O–H groups in total. The molecule has 37 heavy (non-hydrogen) atoms. The summed E-state index contributed by atoms with van der Waals surface area (Å²) >= 11 is 15.4. The fourth-order valence-electron chi connectivity index (χ4n) is 3.92. The minimum Gasteiger partial charge on any atom is -0.463 e. The van der Waals surface area contributed by atoms with Crippen molar-refractivity contribution in [2.75, 3.05) is 6.61 Å². The van der Waals surface area contributed by atoms with Gasteiger partial charge in [-0.3, -0.25) is 9.36 Å². The van der Waals surface area contributed by atoms with Crippen molar-refractivity contribution < 1.29 is 13.9 Å². The van der Waals surface area contributed by atoms with E-state index in [1.165, 1.54) is 27.7 Å². The zero-order valence-electron chi connectivity index (χ0n) is 19.6. The highest BCUT2D eigenvalue weighted by molar-refractivity contribution is 7.99. The lowest BCUT2D eigenvalue weighted by atomic mass is 9.96. The first kappa shape index (κ1) is 25.5. The lowest BCUT2D eigenvalue weighted by Crippen LogP contribution is -2.40. The van der Waals surface area contributed by atoms with Gasteiger partial charge in [0.05, 0.1) is 32.5 Å². The monoisotopic (exact) mass is 571 g/mol. The first-order valence-corrected chi connectivity index (χ1v) is 13.6. The Labute approximate surface area is 229 Å². The number of ether oxygens (including phenoxy) is 1. The molecule has 3 aromatic heterocycles. The molecule has 1 aliphatic heterocycles. The van der Waals surface area contributed by atoms with Crippen molar-refractivity contribution in [2.45, 2.75) is 30.0 Å². The SMILES string of the molecule is CCOC(=O)C1=C(C)N=c2s/c(=C\c3ccc(Sc4ccccn4)o3)c(=O)n2[C@@H]1c1cccc(Cl)c1Cl. The number of hydrogen-bond acceptors (Lipinski definition) is 8. The van der Waals surface area contributed by atoms with Crippen LogP contribution in [0.5, 0.6) is 0 Å². The Morgan fingerprint density at radius 3 is 2.81 bits per heavy atom. The van der Waals surface area contributed by atoms with E-state index in [2.05, 4.69) is 9.98 Å². The molecule has 0 bridgehead atoms. The van der Waals surface area contributed by atoms with E-state index in [1.807, 2.05) is 24.3 Å². The van der Waals surface area contributed by atoms with Gasteiger partial charge in [0.25, 0.3) is 5.56 Å². The molecule has 1 aliphatic rings. The molecule has 0 fully saturated rings. The van der Waals surface area contributed by atoms with Crippen LogP contribution in [0, 0.1) is 0 Å². The van der Waals surface area contributed by atoms with Crippen LogP contribution in [0.1, 0.15) is 31.2 Å². The number of carbonyl (C=O) groups excluding carboxylic acids is 1. The topological polar surface area (TPSA) is 86.7 Å². The van der Waals surface area contributed by atoms with Crippen molar-refractivity contribution in [1.82, 2.24) is 9.55 Å². The average Bonchev–Trinajstić information content (AvgIpc) is 3.44. The summed E-state index contributed by atoms with van der Waals surface area (Å²) in [7, 11) is 0. The van der Waals surface area contributed by atoms with Crippen molar-refractivity contribution in [3.8, 4) is 0 Å². The molecular formula is C26H19Cl2N3O4S2. The number of nitrogens with zero attached hydrogens (tertiary/aromatic N) is 3. The normalized spacial score (nSPS) is 15.5. The third-order valence-electron chi connectivity index (χ3n) is 5.51. The van der Waals surface area contributed by atoms with Gasteiger partial charge in [0.15, 0.2) is 9.89 Å². The summed E-state index contributed by atoms with van der Waals surface area (Å²) in [5.41, 5.74) is 0.844. The fraction of sp³-hybridized carbons (Fsp3) is 0.154. The van der Waals surface area contributed by atoms with E-state index in [-0.39, 0.29) is 22.8 Å². The van der Waals surface area contributed by atoms with Gasteiger partial charge in [0.2, 0.25) is 0 Å². The minimum atomic E-state index is -0.851. The van der Waals surface area contributed by atoms with E-state index in [0.717, 1.165) is 5.03 Å². The third kappa shape index (κ3) is 5.04. The van der Waals surface area contributed by atoms with Crippen LogP contribution in [0.4, 0.5) is 0 Å². The zero-order valence-corrected chi connectivity index (χ0v) is 22.7. The summed E-state index contributed by atoms with van der Waals surface area (Å²) in [5, 5.41) is 2.00. The van der Waals surface area contributed by atoms with Crippen LogP contribution in [-0.2, 0) is 9.53 Å². The molecule has 188 valence electrons. The van der Waals surface area contributed by atoms with E-state index < -0.39 is 12.0 Å². The number of furan rings is 1. The van der Waals surface area contributed by atoms with E-state index in [0.29, 0.717) is 36.5 Å². The Hall–Kier alpha value is -3.11. The molecule has 0 aliphatic carbocycles. The second kappa shape index (κ2) is 10.7. The second-order valence-electron chi connectivity index (χ2n) is 7.87. The molecule has 4 heterocycles. The molecule has 11 heteroatoms. The van der Waals surface area contributed by atoms with E-state index in [4.69, 9.17) is 32.4 Å². The maximum Gasteiger partial charge on any atom is 0.338 e. The van der Waals surface area contributed by atoms with Crippen molar-refractivity contribution in [3.05, 3.63) is 107 Å². The number of fused-ring (bicyclic) bond motifs is 1. The van der Waals surface area contributed by atoms with Crippen molar-refractivity contribution in [2.24, 2.45) is 4.99 Å². The van der Waals surface area contributed by atoms with Crippen LogP contribution in [-0.4, -0.2) is 22.1 Å². The van der Waals surface area contributed by atoms with Crippen molar-refractivity contribution >= 4 is 58.3 Å². The maximum absolute atomic E-state index is 13.7. The zero-order chi connectivity index (χ0) is 26.1. The van der Waals surface area contributed by atoms with E-state index in [1.54, 1.807) is 50.4 Å². The molecule has 0 spiro atoms. The molecule has 0 unspecified atom stereocenters. The lowest BCUT2D eigenvalue weighted by molar-refractivity contribution is -0.139. The van der Waals surface area contributed by atoms with Gasteiger partial charge >= 0.3 is 5.97 Å². The molecule has 1 atom stereocenters. The molecule has 1 aromatic carbocycles. The Bertz CT molecular complexity index is 1710. The average molecular weight is 572 g/mol. The van der Waals surface area contributed by atoms with E-state index in [9.17, 15) is 9.59 Å². The number of rotatable bonds is 6. The number of benzene rings is 1. The number of hydrogen-bond donors (Lipinski definition) is 0. The van der Waals surface area contributed by atoms with Crippen LogP contribution < -0.4 is 14.9 Å². The number of carbonyl (C=O) groups is 1. The highest BCUT2D eigenvalue weighted by Gasteiger charge is 2.34. The van der Waals surface area contributed by atoms with Crippen LogP contribution in [0.15, 0.2) is 90.3 Å². The van der Waals surface area contributed by atoms with Gasteiger partial charge in [-0.25, -0.2) is 14.8 Å². The molecule has 0 saturated heterocycles. The van der Waals surface area contributed by atoms with Gasteiger partial charge in [0.1, 0.15) is 16.8 Å². The molecule has 0 amide bonds. The Balaban J connectivity index is 1.62. The summed E-state index contributed by atoms with van der Waals surface area (Å²) < 4.78 is 13.1. The molecule has 0 saturated carbocycles. The highest BCUT2D eigenvalue weighted by atomic mass is 35.5. The summed E-state index contributed by atoms with van der Waals surface area (Å²) in [4.78, 5) is 36.0. The minimum absolute atomic E-state index is 0.174. The summed E-state index contributed by atoms with van der Waals surface area (Å²) in [5.74, 6) is -0.0661. The van der Waals surface area contributed by atoms with Crippen LogP contribution in [0.3, 0.4) is 0 Å². The Morgan fingerprint density at radius 1 is 1.22 bits per heavy atom. The smallest absolute Gasteiger partial charge is 0.338 e. The summed E-state index contributed by atoms with van der Waals surface area (Å²) in [6.07, 6.45) is 3.37. The van der Waals surface area contributed by atoms with E-state index >= 15 is 0 Å². The number of pyridine rings is 1. The number of thiazole rings is 1. The van der Waals surface area contributed by atoms with Crippen molar-refractivity contribution in [3.63, 3.8) is 0 Å². The molecular weight excluding hydrogens is 553 g/mol. The predicted octanol–water partition coefficient (Wildman–Crippen LogP) is 5.24. The number of allylic oxidation sites excluding steroid dienone is 1. The van der Waals surface area contributed by atoms with Crippen LogP contribution >= 0.6 is 46.3 Å².